The van der Waals surface area contributed by atoms with Gasteiger partial charge in [0.05, 0.1) is 11.6 Å². The number of hydrogen-bond donors (Lipinski definition) is 2. The van der Waals surface area contributed by atoms with Crippen LogP contribution in [0.25, 0.3) is 0 Å². The number of nitrogens with two attached hydrogens (primary N) is 1. The van der Waals surface area contributed by atoms with Crippen LogP contribution in [0.3, 0.4) is 0 Å². The van der Waals surface area contributed by atoms with Gasteiger partial charge in [0, 0.05) is 0 Å². The molecule has 0 fully saturated rings. The monoisotopic (exact) mass is 235 g/mol. The third-order valence-electron chi connectivity index (χ3n) is 3.23. The van der Waals surface area contributed by atoms with E-state index < -0.39 is 5.60 Å². The molecule has 0 radical (unpaired) electrons. The van der Waals surface area contributed by atoms with Gasteiger partial charge in [0.2, 0.25) is 0 Å². The van der Waals surface area contributed by atoms with E-state index in [9.17, 15) is 5.11 Å². The Hall–Kier alpha value is -0.860. The number of aliphatic hydroxyl groups is 1. The van der Waals surface area contributed by atoms with E-state index in [1.165, 1.54) is 5.56 Å². The quantitative estimate of drug-likeness (QED) is 0.827. The minimum Gasteiger partial charge on any atom is -0.388 e. The Morgan fingerprint density at radius 3 is 2.00 bits per heavy atom. The largest absolute Gasteiger partial charge is 0.388 e. The Morgan fingerprint density at radius 1 is 1.12 bits per heavy atom. The van der Waals surface area contributed by atoms with Crippen LogP contribution in [0.2, 0.25) is 0 Å². The fourth-order valence-corrected chi connectivity index (χ4v) is 1.87. The van der Waals surface area contributed by atoms with Crippen molar-refractivity contribution in [3.8, 4) is 0 Å². The zero-order valence-corrected chi connectivity index (χ0v) is 11.8. The van der Waals surface area contributed by atoms with E-state index >= 15 is 0 Å². The van der Waals surface area contributed by atoms with Crippen molar-refractivity contribution in [3.63, 3.8) is 0 Å². The highest BCUT2D eigenvalue weighted by Crippen LogP contribution is 2.29. The molecule has 17 heavy (non-hydrogen) atoms. The maximum atomic E-state index is 9.97. The van der Waals surface area contributed by atoms with Gasteiger partial charge in [0.1, 0.15) is 0 Å². The second-order valence-electron chi connectivity index (χ2n) is 6.45. The molecule has 1 atom stereocenters. The molecule has 0 aliphatic rings. The second-order valence-corrected chi connectivity index (χ2v) is 6.45. The van der Waals surface area contributed by atoms with Crippen molar-refractivity contribution in [2.45, 2.75) is 58.6 Å². The molecule has 0 aromatic heterocycles. The molecule has 0 spiro atoms. The average Bonchev–Trinajstić information content (AvgIpc) is 2.13. The molecule has 96 valence electrons. The van der Waals surface area contributed by atoms with Gasteiger partial charge < -0.3 is 10.8 Å². The lowest BCUT2D eigenvalue weighted by Crippen LogP contribution is -2.35. The lowest BCUT2D eigenvalue weighted by Gasteiger charge is -2.28. The zero-order chi connectivity index (χ0) is 13.4. The van der Waals surface area contributed by atoms with Crippen molar-refractivity contribution in [2.24, 2.45) is 5.73 Å². The summed E-state index contributed by atoms with van der Waals surface area (Å²) in [5.41, 5.74) is 8.79. The molecule has 3 N–H and O–H groups in total. The van der Waals surface area contributed by atoms with Crippen molar-refractivity contribution in [1.29, 1.82) is 0 Å². The Morgan fingerprint density at radius 2 is 1.65 bits per heavy atom. The zero-order valence-electron chi connectivity index (χ0n) is 11.8. The van der Waals surface area contributed by atoms with Crippen LogP contribution in [0.15, 0.2) is 18.2 Å². The Labute approximate surface area is 105 Å². The molecular weight excluding hydrogens is 210 g/mol. The van der Waals surface area contributed by atoms with Crippen LogP contribution < -0.4 is 5.73 Å². The molecule has 2 heteroatoms. The van der Waals surface area contributed by atoms with E-state index in [2.05, 4.69) is 39.8 Å². The average molecular weight is 235 g/mol. The third-order valence-corrected chi connectivity index (χ3v) is 3.23. The van der Waals surface area contributed by atoms with E-state index in [1.807, 2.05) is 6.07 Å². The minimum absolute atomic E-state index is 0.141. The normalized spacial score (nSPS) is 14.8. The van der Waals surface area contributed by atoms with Gasteiger partial charge in [0.15, 0.2) is 0 Å². The first kappa shape index (κ1) is 14.2. The molecule has 1 aromatic rings. The van der Waals surface area contributed by atoms with E-state index in [0.29, 0.717) is 0 Å². The van der Waals surface area contributed by atoms with Crippen LogP contribution in [0, 0.1) is 6.92 Å². The van der Waals surface area contributed by atoms with Gasteiger partial charge in [-0.25, -0.2) is 0 Å². The molecule has 0 heterocycles. The van der Waals surface area contributed by atoms with Gasteiger partial charge in [-0.05, 0) is 42.9 Å². The Balaban J connectivity index is 3.15. The van der Waals surface area contributed by atoms with Gasteiger partial charge in [0.25, 0.3) is 0 Å². The van der Waals surface area contributed by atoms with Crippen LogP contribution in [-0.2, 0) is 5.41 Å². The third kappa shape index (κ3) is 3.30. The van der Waals surface area contributed by atoms with Gasteiger partial charge in [-0.2, -0.15) is 0 Å². The summed E-state index contributed by atoms with van der Waals surface area (Å²) in [5.74, 6) is 0. The maximum Gasteiger partial charge on any atom is 0.0783 e. The first-order valence-corrected chi connectivity index (χ1v) is 6.12. The molecular formula is C15H25NO. The molecule has 0 saturated carbocycles. The molecule has 1 aromatic carbocycles. The summed E-state index contributed by atoms with van der Waals surface area (Å²) in [6.45, 7) is 12.1. The van der Waals surface area contributed by atoms with Crippen molar-refractivity contribution >= 4 is 0 Å². The summed E-state index contributed by atoms with van der Waals surface area (Å²) in [6, 6.07) is 5.96. The van der Waals surface area contributed by atoms with Crippen LogP contribution in [-0.4, -0.2) is 10.7 Å². The Kier molecular flexibility index (Phi) is 3.70. The number of aryl methyl sites for hydroxylation is 1. The summed E-state index contributed by atoms with van der Waals surface area (Å²) in [6.07, 6.45) is 0. The fraction of sp³-hybridized carbons (Fsp3) is 0.600. The van der Waals surface area contributed by atoms with Crippen molar-refractivity contribution in [2.75, 3.05) is 0 Å². The molecule has 1 rings (SSSR count). The first-order chi connectivity index (χ1) is 7.53. The summed E-state index contributed by atoms with van der Waals surface area (Å²) in [4.78, 5) is 0. The lowest BCUT2D eigenvalue weighted by atomic mass is 9.83. The van der Waals surface area contributed by atoms with E-state index in [-0.39, 0.29) is 11.5 Å². The molecule has 0 aliphatic heterocycles. The summed E-state index contributed by atoms with van der Waals surface area (Å²) in [5, 5.41) is 9.97. The molecule has 1 unspecified atom stereocenters. The maximum absolute atomic E-state index is 9.97. The number of benzene rings is 1. The van der Waals surface area contributed by atoms with Crippen molar-refractivity contribution < 1.29 is 5.11 Å². The van der Waals surface area contributed by atoms with Crippen molar-refractivity contribution in [3.05, 3.63) is 34.9 Å². The summed E-state index contributed by atoms with van der Waals surface area (Å²) in [7, 11) is 0. The fourth-order valence-electron chi connectivity index (χ4n) is 1.87. The SMILES string of the molecule is Cc1cc(C(C)(C)C)ccc1C(N)C(C)(C)O. The van der Waals surface area contributed by atoms with Crippen LogP contribution in [0.5, 0.6) is 0 Å². The molecule has 0 bridgehead atoms. The minimum atomic E-state index is -0.895. The van der Waals surface area contributed by atoms with Crippen LogP contribution in [0.4, 0.5) is 0 Å². The van der Waals surface area contributed by atoms with Gasteiger partial charge in [-0.15, -0.1) is 0 Å². The second kappa shape index (κ2) is 4.43. The van der Waals surface area contributed by atoms with Gasteiger partial charge >= 0.3 is 0 Å². The van der Waals surface area contributed by atoms with Crippen LogP contribution >= 0.6 is 0 Å². The van der Waals surface area contributed by atoms with Crippen molar-refractivity contribution in [1.82, 2.24) is 0 Å². The number of hydrogen-bond acceptors (Lipinski definition) is 2. The predicted molar refractivity (Wildman–Crippen MR) is 73.1 cm³/mol. The van der Waals surface area contributed by atoms with E-state index in [0.717, 1.165) is 11.1 Å². The summed E-state index contributed by atoms with van der Waals surface area (Å²) < 4.78 is 0. The van der Waals surface area contributed by atoms with Gasteiger partial charge in [-0.1, -0.05) is 39.0 Å². The topological polar surface area (TPSA) is 46.2 Å². The lowest BCUT2D eigenvalue weighted by molar-refractivity contribution is 0.0515. The highest BCUT2D eigenvalue weighted by Gasteiger charge is 2.26. The smallest absolute Gasteiger partial charge is 0.0783 e. The van der Waals surface area contributed by atoms with E-state index in [4.69, 9.17) is 5.73 Å². The molecule has 2 nitrogen and oxygen atoms in total. The number of rotatable bonds is 2. The summed E-state index contributed by atoms with van der Waals surface area (Å²) >= 11 is 0. The molecule has 0 saturated heterocycles. The standard InChI is InChI=1S/C15H25NO/c1-10-9-11(14(2,3)4)7-8-12(10)13(16)15(5,6)17/h7-9,13,17H,16H2,1-6H3. The van der Waals surface area contributed by atoms with Gasteiger partial charge in [-0.3, -0.25) is 0 Å². The van der Waals surface area contributed by atoms with Crippen LogP contribution in [0.1, 0.15) is 57.4 Å². The highest BCUT2D eigenvalue weighted by molar-refractivity contribution is 5.37. The first-order valence-electron chi connectivity index (χ1n) is 6.12. The molecule has 0 amide bonds. The highest BCUT2D eigenvalue weighted by atomic mass is 16.3. The van der Waals surface area contributed by atoms with E-state index in [1.54, 1.807) is 13.8 Å². The Bertz CT molecular complexity index is 396. The molecule has 0 aliphatic carbocycles. The predicted octanol–water partition coefficient (Wildman–Crippen LogP) is 3.06.